The molecule has 0 saturated heterocycles. The Bertz CT molecular complexity index is 600. The maximum atomic E-state index is 10.8. The number of nitrogens with zero attached hydrogens (tertiary/aromatic N) is 5. The van der Waals surface area contributed by atoms with Crippen LogP contribution in [0.2, 0.25) is 0 Å². The SMILES string of the molecule is O=[N+]([O-])c1ccc(Sn2cncn2)c([N+](=O)[O-])c1. The van der Waals surface area contributed by atoms with E-state index in [0.29, 0.717) is 0 Å². The van der Waals surface area contributed by atoms with Gasteiger partial charge < -0.3 is 0 Å². The molecule has 0 aliphatic heterocycles. The normalized spacial score (nSPS) is 10.2. The Morgan fingerprint density at radius 2 is 2.00 bits per heavy atom. The van der Waals surface area contributed by atoms with Crippen molar-refractivity contribution < 1.29 is 9.85 Å². The molecule has 0 saturated carbocycles. The van der Waals surface area contributed by atoms with Crippen molar-refractivity contribution in [1.82, 2.24) is 14.2 Å². The van der Waals surface area contributed by atoms with Gasteiger partial charge in [-0.15, -0.1) is 5.10 Å². The zero-order valence-corrected chi connectivity index (χ0v) is 9.48. The minimum atomic E-state index is -0.684. The van der Waals surface area contributed by atoms with Crippen LogP contribution in [0.25, 0.3) is 0 Å². The van der Waals surface area contributed by atoms with E-state index >= 15 is 0 Å². The lowest BCUT2D eigenvalue weighted by atomic mass is 10.3. The summed E-state index contributed by atoms with van der Waals surface area (Å²) in [6, 6.07) is 3.42. The molecule has 1 aromatic carbocycles. The second kappa shape index (κ2) is 4.79. The fraction of sp³-hybridized carbons (Fsp3) is 0. The van der Waals surface area contributed by atoms with E-state index in [2.05, 4.69) is 10.1 Å². The number of rotatable bonds is 4. The van der Waals surface area contributed by atoms with Crippen LogP contribution in [-0.4, -0.2) is 24.0 Å². The van der Waals surface area contributed by atoms with Crippen LogP contribution >= 0.6 is 11.9 Å². The molecule has 0 amide bonds. The first-order valence-corrected chi connectivity index (χ1v) is 5.31. The van der Waals surface area contributed by atoms with Crippen molar-refractivity contribution in [3.63, 3.8) is 0 Å². The molecule has 9 nitrogen and oxygen atoms in total. The molecule has 0 aliphatic carbocycles. The summed E-state index contributed by atoms with van der Waals surface area (Å²) in [5.74, 6) is 0. The van der Waals surface area contributed by atoms with Gasteiger partial charge in [0, 0.05) is 18.0 Å². The number of benzene rings is 1. The first kappa shape index (κ1) is 12.0. The lowest BCUT2D eigenvalue weighted by Gasteiger charge is -2.01. The monoisotopic (exact) mass is 267 g/mol. The van der Waals surface area contributed by atoms with Gasteiger partial charge in [-0.25, -0.2) is 4.98 Å². The molecular weight excluding hydrogens is 262 g/mol. The molecule has 0 unspecified atom stereocenters. The number of nitro groups is 2. The highest BCUT2D eigenvalue weighted by Gasteiger charge is 2.20. The van der Waals surface area contributed by atoms with E-state index in [1.807, 2.05) is 0 Å². The van der Waals surface area contributed by atoms with Gasteiger partial charge in [-0.05, 0) is 6.07 Å². The number of nitro benzene ring substituents is 2. The summed E-state index contributed by atoms with van der Waals surface area (Å²) in [6.45, 7) is 0. The van der Waals surface area contributed by atoms with Crippen molar-refractivity contribution in [1.29, 1.82) is 0 Å². The Labute approximate surface area is 104 Å². The fourth-order valence-electron chi connectivity index (χ4n) is 1.18. The van der Waals surface area contributed by atoms with E-state index in [4.69, 9.17) is 0 Å². The summed E-state index contributed by atoms with van der Waals surface area (Å²) in [5, 5.41) is 25.2. The minimum Gasteiger partial charge on any atom is -0.258 e. The molecule has 0 atom stereocenters. The quantitative estimate of drug-likeness (QED) is 0.610. The predicted molar refractivity (Wildman–Crippen MR) is 61.0 cm³/mol. The van der Waals surface area contributed by atoms with Crippen LogP contribution in [0.4, 0.5) is 11.4 Å². The minimum absolute atomic E-state index is 0.246. The number of aromatic nitrogens is 3. The van der Waals surface area contributed by atoms with Crippen molar-refractivity contribution in [2.45, 2.75) is 4.90 Å². The van der Waals surface area contributed by atoms with E-state index in [0.717, 1.165) is 18.0 Å². The molecule has 0 N–H and O–H groups in total. The number of hydrogen-bond acceptors (Lipinski definition) is 7. The van der Waals surface area contributed by atoms with Gasteiger partial charge in [0.05, 0.1) is 15.9 Å². The van der Waals surface area contributed by atoms with Crippen molar-refractivity contribution in [3.05, 3.63) is 51.1 Å². The second-order valence-corrected chi connectivity index (χ2v) is 4.05. The summed E-state index contributed by atoms with van der Waals surface area (Å²) < 4.78 is 1.31. The average Bonchev–Trinajstić information content (AvgIpc) is 2.81. The highest BCUT2D eigenvalue weighted by molar-refractivity contribution is 7.97. The van der Waals surface area contributed by atoms with Gasteiger partial charge in [0.15, 0.2) is 0 Å². The third-order valence-corrected chi connectivity index (χ3v) is 2.86. The van der Waals surface area contributed by atoms with E-state index in [9.17, 15) is 20.2 Å². The molecule has 1 aromatic heterocycles. The molecule has 1 heterocycles. The standard InChI is InChI=1S/C8H5N5O4S/c14-12(15)6-1-2-8(7(3-6)13(16)17)18-11-5-9-4-10-11/h1-5H. The van der Waals surface area contributed by atoms with E-state index < -0.39 is 9.85 Å². The maximum absolute atomic E-state index is 10.8. The molecule has 10 heteroatoms. The average molecular weight is 267 g/mol. The Hall–Kier alpha value is -2.49. The van der Waals surface area contributed by atoms with E-state index in [1.165, 1.54) is 28.9 Å². The molecule has 0 bridgehead atoms. The van der Waals surface area contributed by atoms with E-state index in [1.54, 1.807) is 0 Å². The first-order chi connectivity index (χ1) is 8.58. The molecule has 0 aliphatic rings. The highest BCUT2D eigenvalue weighted by Crippen LogP contribution is 2.32. The summed E-state index contributed by atoms with van der Waals surface area (Å²) >= 11 is 0.948. The van der Waals surface area contributed by atoms with Crippen LogP contribution in [0.3, 0.4) is 0 Å². The largest absolute Gasteiger partial charge is 0.291 e. The summed E-state index contributed by atoms with van der Waals surface area (Å²) in [7, 11) is 0. The van der Waals surface area contributed by atoms with Crippen LogP contribution in [0.5, 0.6) is 0 Å². The third kappa shape index (κ3) is 2.43. The fourth-order valence-corrected chi connectivity index (χ4v) is 1.93. The highest BCUT2D eigenvalue weighted by atomic mass is 32.2. The lowest BCUT2D eigenvalue weighted by molar-refractivity contribution is -0.396. The number of non-ortho nitro benzene ring substituents is 1. The molecule has 0 radical (unpaired) electrons. The zero-order valence-electron chi connectivity index (χ0n) is 8.66. The molecule has 2 rings (SSSR count). The Morgan fingerprint density at radius 1 is 1.22 bits per heavy atom. The van der Waals surface area contributed by atoms with Crippen LogP contribution in [-0.2, 0) is 0 Å². The topological polar surface area (TPSA) is 117 Å². The zero-order chi connectivity index (χ0) is 13.1. The van der Waals surface area contributed by atoms with Gasteiger partial charge in [-0.3, -0.25) is 20.2 Å². The summed E-state index contributed by atoms with van der Waals surface area (Å²) in [6.07, 6.45) is 2.65. The molecule has 0 spiro atoms. The van der Waals surface area contributed by atoms with Gasteiger partial charge in [0.2, 0.25) is 0 Å². The van der Waals surface area contributed by atoms with Gasteiger partial charge in [-0.2, -0.15) is 4.09 Å². The summed E-state index contributed by atoms with van der Waals surface area (Å²) in [5.41, 5.74) is -0.672. The van der Waals surface area contributed by atoms with Gasteiger partial charge in [-0.1, -0.05) is 0 Å². The summed E-state index contributed by atoms with van der Waals surface area (Å²) in [4.78, 5) is 24.0. The molecule has 0 fully saturated rings. The maximum Gasteiger partial charge on any atom is 0.291 e. The Morgan fingerprint density at radius 3 is 2.56 bits per heavy atom. The molecule has 2 aromatic rings. The second-order valence-electron chi connectivity index (χ2n) is 3.06. The molecule has 92 valence electrons. The van der Waals surface area contributed by atoms with Crippen LogP contribution in [0.15, 0.2) is 35.7 Å². The van der Waals surface area contributed by atoms with Gasteiger partial charge in [0.1, 0.15) is 17.6 Å². The third-order valence-electron chi connectivity index (χ3n) is 1.94. The van der Waals surface area contributed by atoms with Crippen molar-refractivity contribution in [3.8, 4) is 0 Å². The molecule has 18 heavy (non-hydrogen) atoms. The Kier molecular flexibility index (Phi) is 3.19. The van der Waals surface area contributed by atoms with Crippen LogP contribution < -0.4 is 0 Å². The predicted octanol–water partition coefficient (Wildman–Crippen LogP) is 1.65. The Balaban J connectivity index is 2.40. The van der Waals surface area contributed by atoms with Gasteiger partial charge >= 0.3 is 0 Å². The van der Waals surface area contributed by atoms with Crippen molar-refractivity contribution >= 4 is 23.3 Å². The van der Waals surface area contributed by atoms with Gasteiger partial charge in [0.25, 0.3) is 11.4 Å². The van der Waals surface area contributed by atoms with Crippen molar-refractivity contribution in [2.24, 2.45) is 0 Å². The van der Waals surface area contributed by atoms with Crippen LogP contribution in [0.1, 0.15) is 0 Å². The van der Waals surface area contributed by atoms with Crippen LogP contribution in [0, 0.1) is 20.2 Å². The first-order valence-electron chi connectivity index (χ1n) is 4.54. The van der Waals surface area contributed by atoms with E-state index in [-0.39, 0.29) is 16.3 Å². The molecular formula is C8H5N5O4S. The smallest absolute Gasteiger partial charge is 0.258 e. The lowest BCUT2D eigenvalue weighted by Crippen LogP contribution is -1.96. The number of hydrogen-bond donors (Lipinski definition) is 0. The van der Waals surface area contributed by atoms with Crippen molar-refractivity contribution in [2.75, 3.05) is 0 Å².